The van der Waals surface area contributed by atoms with E-state index in [-0.39, 0.29) is 0 Å². The Morgan fingerprint density at radius 1 is 1.14 bits per heavy atom. The Balaban J connectivity index is 2.31. The summed E-state index contributed by atoms with van der Waals surface area (Å²) in [4.78, 5) is 4.34. The van der Waals surface area contributed by atoms with Crippen molar-refractivity contribution in [2.24, 2.45) is 10.7 Å². The summed E-state index contributed by atoms with van der Waals surface area (Å²) in [6.45, 7) is 1.81. The minimum Gasteiger partial charge on any atom is -0.493 e. The van der Waals surface area contributed by atoms with Crippen LogP contribution >= 0.6 is 0 Å². The Morgan fingerprint density at radius 2 is 1.76 bits per heavy atom. The highest BCUT2D eigenvalue weighted by Gasteiger charge is 2.19. The van der Waals surface area contributed by atoms with Crippen molar-refractivity contribution in [3.05, 3.63) is 24.4 Å². The maximum absolute atomic E-state index is 5.96. The van der Waals surface area contributed by atoms with Crippen molar-refractivity contribution in [1.82, 2.24) is 5.32 Å². The first-order valence-corrected chi connectivity index (χ1v) is 6.39. The Hall–Kier alpha value is -2.41. The first-order valence-electron chi connectivity index (χ1n) is 6.39. The van der Waals surface area contributed by atoms with Crippen LogP contribution in [-0.2, 0) is 0 Å². The lowest BCUT2D eigenvalue weighted by atomic mass is 10.2. The molecule has 7 nitrogen and oxygen atoms in total. The van der Waals surface area contributed by atoms with E-state index in [0.717, 1.165) is 5.69 Å². The normalized spacial score (nSPS) is 20.3. The van der Waals surface area contributed by atoms with Gasteiger partial charge in [0.1, 0.15) is 5.66 Å². The van der Waals surface area contributed by atoms with E-state index in [4.69, 9.17) is 19.9 Å². The number of methoxy groups -OCH3 is 3. The molecule has 0 saturated carbocycles. The lowest BCUT2D eigenvalue weighted by Crippen LogP contribution is -2.41. The van der Waals surface area contributed by atoms with E-state index >= 15 is 0 Å². The molecule has 1 aliphatic heterocycles. The first-order chi connectivity index (χ1) is 9.99. The Morgan fingerprint density at radius 3 is 2.24 bits per heavy atom. The number of nitrogens with two attached hydrogens (primary N) is 1. The van der Waals surface area contributed by atoms with Crippen molar-refractivity contribution >= 4 is 11.6 Å². The zero-order valence-electron chi connectivity index (χ0n) is 12.6. The lowest BCUT2D eigenvalue weighted by molar-refractivity contribution is 0.324. The third kappa shape index (κ3) is 3.38. The molecule has 4 N–H and O–H groups in total. The molecule has 0 bridgehead atoms. The minimum absolute atomic E-state index is 0.535. The molecule has 1 atom stereocenters. The third-order valence-electron chi connectivity index (χ3n) is 2.92. The van der Waals surface area contributed by atoms with E-state index in [0.29, 0.717) is 23.2 Å². The van der Waals surface area contributed by atoms with Crippen LogP contribution < -0.4 is 30.6 Å². The van der Waals surface area contributed by atoms with Crippen LogP contribution in [0.15, 0.2) is 29.4 Å². The summed E-state index contributed by atoms with van der Waals surface area (Å²) in [5, 5.41) is 6.12. The predicted octanol–water partition coefficient (Wildman–Crippen LogP) is 1.27. The Kier molecular flexibility index (Phi) is 4.23. The second-order valence-electron chi connectivity index (χ2n) is 4.70. The smallest absolute Gasteiger partial charge is 0.203 e. The van der Waals surface area contributed by atoms with Crippen molar-refractivity contribution < 1.29 is 14.2 Å². The first kappa shape index (κ1) is 15.0. The van der Waals surface area contributed by atoms with Crippen LogP contribution in [0.5, 0.6) is 17.2 Å². The number of guanidine groups is 1. The molecule has 0 fully saturated rings. The standard InChI is InChI=1S/C14H20N4O3/c1-14(15)5-6-16-13(18-14)17-9-7-10(19-2)12(21-4)11(8-9)20-3/h5-8H,15H2,1-4H3,(H2,16,17,18). The van der Waals surface area contributed by atoms with Gasteiger partial charge in [-0.15, -0.1) is 0 Å². The van der Waals surface area contributed by atoms with Gasteiger partial charge in [-0.25, -0.2) is 4.99 Å². The zero-order valence-corrected chi connectivity index (χ0v) is 12.6. The monoisotopic (exact) mass is 292 g/mol. The molecule has 21 heavy (non-hydrogen) atoms. The molecule has 1 heterocycles. The molecular formula is C14H20N4O3. The van der Waals surface area contributed by atoms with Crippen LogP contribution in [0.3, 0.4) is 0 Å². The van der Waals surface area contributed by atoms with Crippen molar-refractivity contribution in [3.63, 3.8) is 0 Å². The number of rotatable bonds is 4. The lowest BCUT2D eigenvalue weighted by Gasteiger charge is -2.23. The fraction of sp³-hybridized carbons (Fsp3) is 0.357. The van der Waals surface area contributed by atoms with Gasteiger partial charge in [-0.2, -0.15) is 0 Å². The topological polar surface area (TPSA) is 90.1 Å². The summed E-state index contributed by atoms with van der Waals surface area (Å²) in [6, 6.07) is 3.58. The molecule has 0 saturated heterocycles. The van der Waals surface area contributed by atoms with E-state index in [1.807, 2.05) is 0 Å². The number of aliphatic imine (C=N–C) groups is 1. The predicted molar refractivity (Wildman–Crippen MR) is 82.0 cm³/mol. The quantitative estimate of drug-likeness (QED) is 0.774. The van der Waals surface area contributed by atoms with Crippen LogP contribution in [-0.4, -0.2) is 33.0 Å². The van der Waals surface area contributed by atoms with Crippen LogP contribution in [0, 0.1) is 0 Å². The number of anilines is 1. The highest BCUT2D eigenvalue weighted by Crippen LogP contribution is 2.39. The molecule has 0 amide bonds. The van der Waals surface area contributed by atoms with Gasteiger partial charge in [-0.05, 0) is 13.0 Å². The summed E-state index contributed by atoms with van der Waals surface area (Å²) in [5.74, 6) is 2.19. The van der Waals surface area contributed by atoms with Gasteiger partial charge >= 0.3 is 0 Å². The second-order valence-corrected chi connectivity index (χ2v) is 4.70. The summed E-state index contributed by atoms with van der Waals surface area (Å²) >= 11 is 0. The summed E-state index contributed by atoms with van der Waals surface area (Å²) in [5.41, 5.74) is 5.95. The molecule has 2 rings (SSSR count). The van der Waals surface area contributed by atoms with Crippen LogP contribution in [0.4, 0.5) is 5.69 Å². The highest BCUT2D eigenvalue weighted by atomic mass is 16.5. The molecule has 1 aliphatic rings. The maximum atomic E-state index is 5.96. The van der Waals surface area contributed by atoms with Gasteiger partial charge in [0, 0.05) is 24.0 Å². The number of nitrogens with zero attached hydrogens (tertiary/aromatic N) is 1. The highest BCUT2D eigenvalue weighted by molar-refractivity contribution is 5.95. The molecule has 0 spiro atoms. The van der Waals surface area contributed by atoms with Gasteiger partial charge in [0.25, 0.3) is 0 Å². The van der Waals surface area contributed by atoms with E-state index in [1.54, 1.807) is 52.7 Å². The fourth-order valence-corrected chi connectivity index (χ4v) is 1.95. The van der Waals surface area contributed by atoms with E-state index < -0.39 is 5.66 Å². The third-order valence-corrected chi connectivity index (χ3v) is 2.92. The van der Waals surface area contributed by atoms with Gasteiger partial charge in [0.2, 0.25) is 11.7 Å². The molecule has 7 heteroatoms. The molecule has 0 aromatic heterocycles. The largest absolute Gasteiger partial charge is 0.493 e. The summed E-state index contributed by atoms with van der Waals surface area (Å²) < 4.78 is 15.9. The summed E-state index contributed by atoms with van der Waals surface area (Å²) in [7, 11) is 4.69. The van der Waals surface area contributed by atoms with Crippen LogP contribution in [0.1, 0.15) is 6.92 Å². The Labute approximate surface area is 123 Å². The van der Waals surface area contributed by atoms with Gasteiger partial charge in [-0.3, -0.25) is 0 Å². The second kappa shape index (κ2) is 5.92. The average molecular weight is 292 g/mol. The van der Waals surface area contributed by atoms with Crippen molar-refractivity contribution in [1.29, 1.82) is 0 Å². The van der Waals surface area contributed by atoms with E-state index in [1.165, 1.54) is 0 Å². The maximum Gasteiger partial charge on any atom is 0.203 e. The number of hydrogen-bond acceptors (Lipinski definition) is 7. The number of ether oxygens (including phenoxy) is 3. The molecular weight excluding hydrogens is 272 g/mol. The number of benzene rings is 1. The van der Waals surface area contributed by atoms with Crippen LogP contribution in [0.25, 0.3) is 0 Å². The molecule has 0 radical (unpaired) electrons. The van der Waals surface area contributed by atoms with Gasteiger partial charge in [0.05, 0.1) is 21.3 Å². The molecule has 1 aromatic rings. The van der Waals surface area contributed by atoms with Gasteiger partial charge < -0.3 is 30.6 Å². The molecule has 1 unspecified atom stereocenters. The molecule has 0 aliphatic carbocycles. The SMILES string of the molecule is COc1cc(NC2=NC(C)(N)C=CN2)cc(OC)c1OC. The van der Waals surface area contributed by atoms with E-state index in [2.05, 4.69) is 15.6 Å². The van der Waals surface area contributed by atoms with Crippen molar-refractivity contribution in [3.8, 4) is 17.2 Å². The van der Waals surface area contributed by atoms with Gasteiger partial charge in [0.15, 0.2) is 11.5 Å². The number of nitrogens with one attached hydrogen (secondary N) is 2. The summed E-state index contributed by atoms with van der Waals surface area (Å²) in [6.07, 6.45) is 3.51. The Bertz CT molecular complexity index is 557. The van der Waals surface area contributed by atoms with Crippen LogP contribution in [0.2, 0.25) is 0 Å². The molecule has 114 valence electrons. The minimum atomic E-state index is -0.742. The fourth-order valence-electron chi connectivity index (χ4n) is 1.95. The zero-order chi connectivity index (χ0) is 15.5. The van der Waals surface area contributed by atoms with Crippen molar-refractivity contribution in [2.75, 3.05) is 26.6 Å². The van der Waals surface area contributed by atoms with E-state index in [9.17, 15) is 0 Å². The van der Waals surface area contributed by atoms with Crippen molar-refractivity contribution in [2.45, 2.75) is 12.6 Å². The van der Waals surface area contributed by atoms with Gasteiger partial charge in [-0.1, -0.05) is 0 Å². The average Bonchev–Trinajstić information content (AvgIpc) is 2.45. The number of hydrogen-bond donors (Lipinski definition) is 3. The molecule has 1 aromatic carbocycles.